The normalized spacial score (nSPS) is 12.6. The summed E-state index contributed by atoms with van der Waals surface area (Å²) >= 11 is 0. The first-order valence-electron chi connectivity index (χ1n) is 4.53. The highest BCUT2D eigenvalue weighted by Gasteiger charge is 2.44. The van der Waals surface area contributed by atoms with E-state index < -0.39 is 40.5 Å². The monoisotopic (exact) mass is 271 g/mol. The summed E-state index contributed by atoms with van der Waals surface area (Å²) in [6.07, 6.45) is -10.4. The highest BCUT2D eigenvalue weighted by Crippen LogP contribution is 2.42. The number of hydrogen-bond acceptors (Lipinski definition) is 1. The predicted molar refractivity (Wildman–Crippen MR) is 49.7 cm³/mol. The van der Waals surface area contributed by atoms with Crippen LogP contribution in [-0.2, 0) is 12.4 Å². The van der Waals surface area contributed by atoms with E-state index in [4.69, 9.17) is 5.73 Å². The third kappa shape index (κ3) is 2.74. The van der Waals surface area contributed by atoms with Crippen molar-refractivity contribution in [3.05, 3.63) is 34.4 Å². The van der Waals surface area contributed by atoms with E-state index in [1.807, 2.05) is 0 Å². The van der Waals surface area contributed by atoms with Crippen molar-refractivity contribution < 1.29 is 31.1 Å². The van der Waals surface area contributed by atoms with E-state index in [0.29, 0.717) is 6.07 Å². The molecule has 1 aromatic carbocycles. The molecule has 1 aromatic rings. The molecule has 0 aliphatic carbocycles. The smallest absolute Gasteiger partial charge is 0.366 e. The highest BCUT2D eigenvalue weighted by molar-refractivity contribution is 5.93. The largest absolute Gasteiger partial charge is 0.417 e. The first-order chi connectivity index (χ1) is 7.94. The van der Waals surface area contributed by atoms with Gasteiger partial charge in [-0.3, -0.25) is 4.79 Å². The lowest BCUT2D eigenvalue weighted by molar-refractivity contribution is -0.162. The molecular weight excluding hydrogens is 264 g/mol. The Labute approximate surface area is 97.4 Å². The Bertz CT molecular complexity index is 488. The van der Waals surface area contributed by atoms with E-state index >= 15 is 0 Å². The average Bonchev–Trinajstić information content (AvgIpc) is 2.12. The molecular formula is C10H7F6NO. The molecule has 0 aromatic heterocycles. The quantitative estimate of drug-likeness (QED) is 0.783. The first kappa shape index (κ1) is 14.3. The Kier molecular flexibility index (Phi) is 3.33. The maximum absolute atomic E-state index is 12.6. The van der Waals surface area contributed by atoms with E-state index in [9.17, 15) is 31.1 Å². The Morgan fingerprint density at radius 1 is 1.06 bits per heavy atom. The molecule has 0 aliphatic rings. The van der Waals surface area contributed by atoms with Gasteiger partial charge in [0.15, 0.2) is 0 Å². The van der Waals surface area contributed by atoms with Gasteiger partial charge in [-0.1, -0.05) is 0 Å². The number of hydrogen-bond donors (Lipinski definition) is 1. The molecule has 0 spiro atoms. The average molecular weight is 271 g/mol. The Morgan fingerprint density at radius 2 is 1.56 bits per heavy atom. The summed E-state index contributed by atoms with van der Waals surface area (Å²) in [6.45, 7) is 0.838. The zero-order chi connectivity index (χ0) is 14.3. The molecule has 2 N–H and O–H groups in total. The molecule has 0 radical (unpaired) electrons. The molecule has 1 amide bonds. The summed E-state index contributed by atoms with van der Waals surface area (Å²) in [5.41, 5.74) is -0.273. The van der Waals surface area contributed by atoms with Gasteiger partial charge in [0.05, 0.1) is 11.1 Å². The third-order valence-electron chi connectivity index (χ3n) is 2.21. The van der Waals surface area contributed by atoms with Crippen molar-refractivity contribution >= 4 is 5.91 Å². The zero-order valence-electron chi connectivity index (χ0n) is 8.91. The SMILES string of the molecule is Cc1cc(C(N)=O)cc(C(F)(F)F)c1C(F)(F)F. The molecule has 18 heavy (non-hydrogen) atoms. The van der Waals surface area contributed by atoms with Gasteiger partial charge in [0.2, 0.25) is 5.91 Å². The van der Waals surface area contributed by atoms with Crippen LogP contribution in [0.3, 0.4) is 0 Å². The zero-order valence-corrected chi connectivity index (χ0v) is 8.91. The minimum absolute atomic E-state index is 0.109. The van der Waals surface area contributed by atoms with Crippen LogP contribution in [-0.4, -0.2) is 5.91 Å². The Balaban J connectivity index is 3.67. The molecule has 0 saturated carbocycles. The second-order valence-corrected chi connectivity index (χ2v) is 3.58. The molecule has 0 bridgehead atoms. The van der Waals surface area contributed by atoms with Crippen molar-refractivity contribution in [2.75, 3.05) is 0 Å². The number of carbonyl (C=O) groups excluding carboxylic acids is 1. The maximum atomic E-state index is 12.6. The van der Waals surface area contributed by atoms with Crippen LogP contribution < -0.4 is 5.73 Å². The molecule has 8 heteroatoms. The number of amides is 1. The minimum Gasteiger partial charge on any atom is -0.366 e. The number of rotatable bonds is 1. The second kappa shape index (κ2) is 4.18. The standard InChI is InChI=1S/C10H7F6NO/c1-4-2-5(8(17)18)3-6(9(11,12)13)7(4)10(14,15)16/h2-3H,1H3,(H2,17,18). The first-order valence-corrected chi connectivity index (χ1v) is 4.53. The van der Waals surface area contributed by atoms with Gasteiger partial charge >= 0.3 is 12.4 Å². The van der Waals surface area contributed by atoms with E-state index in [1.54, 1.807) is 0 Å². The van der Waals surface area contributed by atoms with Crippen molar-refractivity contribution in [1.82, 2.24) is 0 Å². The van der Waals surface area contributed by atoms with Crippen molar-refractivity contribution in [3.8, 4) is 0 Å². The summed E-state index contributed by atoms with van der Waals surface area (Å²) in [5, 5.41) is 0. The van der Waals surface area contributed by atoms with E-state index in [1.165, 1.54) is 0 Å². The van der Waals surface area contributed by atoms with Crippen molar-refractivity contribution in [1.29, 1.82) is 0 Å². The van der Waals surface area contributed by atoms with Gasteiger partial charge in [-0.25, -0.2) is 0 Å². The molecule has 0 atom stereocenters. The molecule has 0 fully saturated rings. The van der Waals surface area contributed by atoms with Crippen LogP contribution in [0.25, 0.3) is 0 Å². The fourth-order valence-corrected chi connectivity index (χ4v) is 1.53. The fourth-order valence-electron chi connectivity index (χ4n) is 1.53. The molecule has 0 saturated heterocycles. The number of halogens is 6. The number of alkyl halides is 6. The summed E-state index contributed by atoms with van der Waals surface area (Å²) < 4.78 is 75.3. The van der Waals surface area contributed by atoms with Crippen molar-refractivity contribution in [2.24, 2.45) is 5.73 Å². The van der Waals surface area contributed by atoms with E-state index in [0.717, 1.165) is 6.92 Å². The predicted octanol–water partition coefficient (Wildman–Crippen LogP) is 3.13. The Morgan fingerprint density at radius 3 is 1.89 bits per heavy atom. The van der Waals surface area contributed by atoms with Gasteiger partial charge in [0, 0.05) is 5.56 Å². The lowest BCUT2D eigenvalue weighted by Crippen LogP contribution is -2.21. The summed E-state index contributed by atoms with van der Waals surface area (Å²) in [6, 6.07) is 0.790. The number of carbonyl (C=O) groups is 1. The van der Waals surface area contributed by atoms with Crippen LogP contribution >= 0.6 is 0 Å². The number of aryl methyl sites for hydroxylation is 1. The summed E-state index contributed by atoms with van der Waals surface area (Å²) in [4.78, 5) is 10.8. The number of nitrogens with two attached hydrogens (primary N) is 1. The third-order valence-corrected chi connectivity index (χ3v) is 2.21. The van der Waals surface area contributed by atoms with Gasteiger partial charge in [0.25, 0.3) is 0 Å². The van der Waals surface area contributed by atoms with Crippen molar-refractivity contribution in [3.63, 3.8) is 0 Å². The van der Waals surface area contributed by atoms with Crippen LogP contribution in [0.15, 0.2) is 12.1 Å². The van der Waals surface area contributed by atoms with Gasteiger partial charge in [0.1, 0.15) is 0 Å². The van der Waals surface area contributed by atoms with E-state index in [-0.39, 0.29) is 6.07 Å². The van der Waals surface area contributed by atoms with Gasteiger partial charge in [-0.2, -0.15) is 26.3 Å². The molecule has 1 rings (SSSR count). The molecule has 0 unspecified atom stereocenters. The highest BCUT2D eigenvalue weighted by atomic mass is 19.4. The van der Waals surface area contributed by atoms with Gasteiger partial charge in [-0.15, -0.1) is 0 Å². The van der Waals surface area contributed by atoms with Gasteiger partial charge < -0.3 is 5.73 Å². The molecule has 0 aliphatic heterocycles. The lowest BCUT2D eigenvalue weighted by atomic mass is 9.97. The Hall–Kier alpha value is -1.73. The lowest BCUT2D eigenvalue weighted by Gasteiger charge is -2.18. The van der Waals surface area contributed by atoms with Crippen LogP contribution in [0.4, 0.5) is 26.3 Å². The van der Waals surface area contributed by atoms with Crippen LogP contribution in [0.5, 0.6) is 0 Å². The fraction of sp³-hybridized carbons (Fsp3) is 0.300. The van der Waals surface area contributed by atoms with Gasteiger partial charge in [-0.05, 0) is 24.6 Å². The van der Waals surface area contributed by atoms with Crippen LogP contribution in [0.2, 0.25) is 0 Å². The molecule has 0 heterocycles. The number of primary amides is 1. The summed E-state index contributed by atoms with van der Waals surface area (Å²) in [7, 11) is 0. The maximum Gasteiger partial charge on any atom is 0.417 e. The molecule has 2 nitrogen and oxygen atoms in total. The second-order valence-electron chi connectivity index (χ2n) is 3.58. The molecule has 100 valence electrons. The topological polar surface area (TPSA) is 43.1 Å². The van der Waals surface area contributed by atoms with Crippen LogP contribution in [0, 0.1) is 6.92 Å². The van der Waals surface area contributed by atoms with E-state index in [2.05, 4.69) is 0 Å². The summed E-state index contributed by atoms with van der Waals surface area (Å²) in [5.74, 6) is -1.22. The van der Waals surface area contributed by atoms with Crippen molar-refractivity contribution in [2.45, 2.75) is 19.3 Å². The number of benzene rings is 1. The van der Waals surface area contributed by atoms with Crippen LogP contribution in [0.1, 0.15) is 27.0 Å². The minimum atomic E-state index is -5.22.